The van der Waals surface area contributed by atoms with Gasteiger partial charge < -0.3 is 14.5 Å². The second kappa shape index (κ2) is 5.51. The molecule has 0 aromatic carbocycles. The monoisotopic (exact) mass is 223 g/mol. The van der Waals surface area contributed by atoms with E-state index < -0.39 is 0 Å². The maximum Gasteiger partial charge on any atom is 0.129 e. The van der Waals surface area contributed by atoms with Crippen LogP contribution in [0.25, 0.3) is 0 Å². The maximum atomic E-state index is 5.87. The average molecular weight is 223 g/mol. The molecule has 1 atom stereocenters. The molecule has 1 aromatic heterocycles. The van der Waals surface area contributed by atoms with E-state index in [4.69, 9.17) is 9.15 Å². The van der Waals surface area contributed by atoms with Crippen molar-refractivity contribution in [3.8, 4) is 0 Å². The van der Waals surface area contributed by atoms with Crippen molar-refractivity contribution < 1.29 is 9.15 Å². The van der Waals surface area contributed by atoms with Crippen LogP contribution in [0.5, 0.6) is 0 Å². The summed E-state index contributed by atoms with van der Waals surface area (Å²) in [5, 5.41) is 3.51. The van der Waals surface area contributed by atoms with Gasteiger partial charge in [-0.15, -0.1) is 0 Å². The SMILES string of the molecule is CC(C)C(CNC1CC1)OCc1ccco1. The number of hydrogen-bond donors (Lipinski definition) is 1. The van der Waals surface area contributed by atoms with Crippen LogP contribution in [-0.2, 0) is 11.3 Å². The van der Waals surface area contributed by atoms with Crippen LogP contribution in [0, 0.1) is 5.92 Å². The molecule has 0 spiro atoms. The van der Waals surface area contributed by atoms with Crippen LogP contribution in [0.2, 0.25) is 0 Å². The minimum atomic E-state index is 0.269. The number of ether oxygens (including phenoxy) is 1. The zero-order valence-corrected chi connectivity index (χ0v) is 10.1. The normalized spacial score (nSPS) is 17.9. The summed E-state index contributed by atoms with van der Waals surface area (Å²) in [6, 6.07) is 4.59. The summed E-state index contributed by atoms with van der Waals surface area (Å²) >= 11 is 0. The fourth-order valence-electron chi connectivity index (χ4n) is 1.64. The molecule has 1 unspecified atom stereocenters. The largest absolute Gasteiger partial charge is 0.467 e. The summed E-state index contributed by atoms with van der Waals surface area (Å²) in [5.74, 6) is 1.43. The Morgan fingerprint density at radius 3 is 2.88 bits per heavy atom. The summed E-state index contributed by atoms with van der Waals surface area (Å²) in [7, 11) is 0. The van der Waals surface area contributed by atoms with Crippen LogP contribution >= 0.6 is 0 Å². The molecule has 90 valence electrons. The Morgan fingerprint density at radius 2 is 2.31 bits per heavy atom. The standard InChI is InChI=1S/C13H21NO2/c1-10(2)13(8-14-11-5-6-11)16-9-12-4-3-7-15-12/h3-4,7,10-11,13-14H,5-6,8-9H2,1-2H3. The Kier molecular flexibility index (Phi) is 4.02. The fourth-order valence-corrected chi connectivity index (χ4v) is 1.64. The van der Waals surface area contributed by atoms with Crippen LogP contribution < -0.4 is 5.32 Å². The van der Waals surface area contributed by atoms with Gasteiger partial charge in [0.25, 0.3) is 0 Å². The summed E-state index contributed by atoms with van der Waals surface area (Å²) in [4.78, 5) is 0. The predicted molar refractivity (Wildman–Crippen MR) is 63.1 cm³/mol. The Bertz CT molecular complexity index is 291. The molecule has 1 aliphatic rings. The Balaban J connectivity index is 1.72. The molecule has 1 aliphatic carbocycles. The highest BCUT2D eigenvalue weighted by Crippen LogP contribution is 2.19. The van der Waals surface area contributed by atoms with Crippen LogP contribution in [0.15, 0.2) is 22.8 Å². The van der Waals surface area contributed by atoms with E-state index in [0.717, 1.165) is 18.3 Å². The van der Waals surface area contributed by atoms with Gasteiger partial charge in [0.05, 0.1) is 12.4 Å². The number of furan rings is 1. The molecule has 1 fully saturated rings. The van der Waals surface area contributed by atoms with Crippen molar-refractivity contribution >= 4 is 0 Å². The Morgan fingerprint density at radius 1 is 1.50 bits per heavy atom. The van der Waals surface area contributed by atoms with Crippen LogP contribution in [0.1, 0.15) is 32.4 Å². The number of hydrogen-bond acceptors (Lipinski definition) is 3. The molecule has 0 bridgehead atoms. The van der Waals surface area contributed by atoms with Gasteiger partial charge in [0.2, 0.25) is 0 Å². The van der Waals surface area contributed by atoms with Gasteiger partial charge in [-0.2, -0.15) is 0 Å². The Labute approximate surface area is 97.2 Å². The molecule has 2 rings (SSSR count). The molecule has 1 aromatic rings. The van der Waals surface area contributed by atoms with Crippen molar-refractivity contribution in [2.24, 2.45) is 5.92 Å². The first kappa shape index (κ1) is 11.7. The topological polar surface area (TPSA) is 34.4 Å². The van der Waals surface area contributed by atoms with E-state index in [0.29, 0.717) is 12.5 Å². The molecule has 0 saturated heterocycles. The Hall–Kier alpha value is -0.800. The second-order valence-corrected chi connectivity index (χ2v) is 4.86. The van der Waals surface area contributed by atoms with Gasteiger partial charge in [-0.1, -0.05) is 13.8 Å². The summed E-state index contributed by atoms with van der Waals surface area (Å²) in [6.07, 6.45) is 4.60. The first-order valence-corrected chi connectivity index (χ1v) is 6.13. The second-order valence-electron chi connectivity index (χ2n) is 4.86. The van der Waals surface area contributed by atoms with Gasteiger partial charge in [-0.3, -0.25) is 0 Å². The lowest BCUT2D eigenvalue weighted by molar-refractivity contribution is 0.00327. The molecule has 0 amide bonds. The van der Waals surface area contributed by atoms with Gasteiger partial charge in [0.1, 0.15) is 12.4 Å². The lowest BCUT2D eigenvalue weighted by Crippen LogP contribution is -2.34. The van der Waals surface area contributed by atoms with Crippen molar-refractivity contribution in [2.75, 3.05) is 6.54 Å². The molecular weight excluding hydrogens is 202 g/mol. The van der Waals surface area contributed by atoms with E-state index in [1.165, 1.54) is 12.8 Å². The quantitative estimate of drug-likeness (QED) is 0.771. The van der Waals surface area contributed by atoms with E-state index in [-0.39, 0.29) is 6.10 Å². The molecule has 1 N–H and O–H groups in total. The molecule has 1 heterocycles. The first-order valence-electron chi connectivity index (χ1n) is 6.13. The molecule has 0 aliphatic heterocycles. The van der Waals surface area contributed by atoms with Gasteiger partial charge in [0.15, 0.2) is 0 Å². The third-order valence-electron chi connectivity index (χ3n) is 2.95. The molecular formula is C13H21NO2. The van der Waals surface area contributed by atoms with E-state index in [1.54, 1.807) is 6.26 Å². The van der Waals surface area contributed by atoms with Gasteiger partial charge >= 0.3 is 0 Å². The first-order chi connectivity index (χ1) is 7.75. The van der Waals surface area contributed by atoms with Crippen molar-refractivity contribution in [1.29, 1.82) is 0 Å². The van der Waals surface area contributed by atoms with Crippen molar-refractivity contribution in [2.45, 2.75) is 45.4 Å². The van der Waals surface area contributed by atoms with E-state index in [2.05, 4.69) is 19.2 Å². The highest BCUT2D eigenvalue weighted by molar-refractivity contribution is 4.96. The van der Waals surface area contributed by atoms with Gasteiger partial charge in [-0.25, -0.2) is 0 Å². The molecule has 3 nitrogen and oxygen atoms in total. The number of nitrogens with one attached hydrogen (secondary N) is 1. The minimum Gasteiger partial charge on any atom is -0.467 e. The van der Waals surface area contributed by atoms with Gasteiger partial charge in [0, 0.05) is 12.6 Å². The highest BCUT2D eigenvalue weighted by Gasteiger charge is 2.23. The summed E-state index contributed by atoms with van der Waals surface area (Å²) < 4.78 is 11.1. The smallest absolute Gasteiger partial charge is 0.129 e. The highest BCUT2D eigenvalue weighted by atomic mass is 16.5. The van der Waals surface area contributed by atoms with E-state index in [1.807, 2.05) is 12.1 Å². The van der Waals surface area contributed by atoms with E-state index >= 15 is 0 Å². The maximum absolute atomic E-state index is 5.87. The molecule has 0 radical (unpaired) electrons. The van der Waals surface area contributed by atoms with E-state index in [9.17, 15) is 0 Å². The molecule has 16 heavy (non-hydrogen) atoms. The van der Waals surface area contributed by atoms with Gasteiger partial charge in [-0.05, 0) is 30.9 Å². The number of rotatable bonds is 7. The van der Waals surface area contributed by atoms with Crippen LogP contribution in [0.4, 0.5) is 0 Å². The molecule has 1 saturated carbocycles. The zero-order chi connectivity index (χ0) is 11.4. The average Bonchev–Trinajstić information content (AvgIpc) is 2.93. The van der Waals surface area contributed by atoms with Crippen LogP contribution in [0.3, 0.4) is 0 Å². The summed E-state index contributed by atoms with van der Waals surface area (Å²) in [5.41, 5.74) is 0. The third-order valence-corrected chi connectivity index (χ3v) is 2.95. The molecule has 3 heteroatoms. The third kappa shape index (κ3) is 3.65. The fraction of sp³-hybridized carbons (Fsp3) is 0.692. The van der Waals surface area contributed by atoms with Crippen molar-refractivity contribution in [3.05, 3.63) is 24.2 Å². The predicted octanol–water partition coefficient (Wildman–Crippen LogP) is 2.57. The lowest BCUT2D eigenvalue weighted by Gasteiger charge is -2.21. The van der Waals surface area contributed by atoms with Crippen molar-refractivity contribution in [3.63, 3.8) is 0 Å². The summed E-state index contributed by atoms with van der Waals surface area (Å²) in [6.45, 7) is 5.91. The van der Waals surface area contributed by atoms with Crippen LogP contribution in [-0.4, -0.2) is 18.7 Å². The minimum absolute atomic E-state index is 0.269. The zero-order valence-electron chi connectivity index (χ0n) is 10.1. The lowest BCUT2D eigenvalue weighted by atomic mass is 10.1. The van der Waals surface area contributed by atoms with Crippen molar-refractivity contribution in [1.82, 2.24) is 5.32 Å².